The summed E-state index contributed by atoms with van der Waals surface area (Å²) in [7, 11) is -2.86. The van der Waals surface area contributed by atoms with Crippen LogP contribution in [0.2, 0.25) is 0 Å². The Morgan fingerprint density at radius 3 is 2.53 bits per heavy atom. The number of hydrogen-bond acceptors (Lipinski definition) is 5. The first kappa shape index (κ1) is 15.1. The van der Waals surface area contributed by atoms with Crippen LogP contribution in [0.5, 0.6) is 5.75 Å². The van der Waals surface area contributed by atoms with E-state index >= 15 is 0 Å². The predicted octanol–water partition coefficient (Wildman–Crippen LogP) is 1.21. The summed E-state index contributed by atoms with van der Waals surface area (Å²) in [5.74, 6) is -2.81. The standard InChI is InChI=1S/C11H12FNO5S/c1-5-3-9(14)10(12)6(2)7(5)4-8(11(15)16)13-19(17)18/h3,8,14H,4H2,1-2H3,(H,15,16). The SMILES string of the molecule is Cc1cc(O)c(F)c(C)c1CC(N=S(=O)=O)C(=O)O. The molecule has 0 aliphatic rings. The zero-order valence-corrected chi connectivity index (χ0v) is 11.0. The van der Waals surface area contributed by atoms with Crippen molar-refractivity contribution in [1.29, 1.82) is 0 Å². The number of carbonyl (C=O) groups is 1. The topological polar surface area (TPSA) is 104 Å². The first-order valence-electron chi connectivity index (χ1n) is 5.24. The molecule has 1 unspecified atom stereocenters. The van der Waals surface area contributed by atoms with Crippen molar-refractivity contribution in [3.8, 4) is 5.75 Å². The van der Waals surface area contributed by atoms with E-state index in [-0.39, 0.29) is 12.0 Å². The number of nitrogens with zero attached hydrogens (tertiary/aromatic N) is 1. The van der Waals surface area contributed by atoms with Crippen molar-refractivity contribution in [2.75, 3.05) is 0 Å². The molecule has 8 heteroatoms. The molecule has 0 amide bonds. The molecule has 0 radical (unpaired) electrons. The lowest BCUT2D eigenvalue weighted by Crippen LogP contribution is -2.21. The van der Waals surface area contributed by atoms with Crippen LogP contribution in [0.25, 0.3) is 0 Å². The lowest BCUT2D eigenvalue weighted by atomic mass is 9.96. The van der Waals surface area contributed by atoms with Crippen LogP contribution in [0, 0.1) is 19.7 Å². The summed E-state index contributed by atoms with van der Waals surface area (Å²) < 4.78 is 37.5. The van der Waals surface area contributed by atoms with Crippen LogP contribution in [-0.4, -0.2) is 30.6 Å². The van der Waals surface area contributed by atoms with Gasteiger partial charge in [-0.15, -0.1) is 0 Å². The number of aliphatic carboxylic acids is 1. The minimum absolute atomic E-state index is 0.0793. The quantitative estimate of drug-likeness (QED) is 0.866. The van der Waals surface area contributed by atoms with Crippen LogP contribution in [0.4, 0.5) is 4.39 Å². The molecule has 6 nitrogen and oxygen atoms in total. The molecule has 0 bridgehead atoms. The van der Waals surface area contributed by atoms with Gasteiger partial charge in [0.1, 0.15) is 0 Å². The maximum Gasteiger partial charge on any atom is 0.330 e. The highest BCUT2D eigenvalue weighted by Gasteiger charge is 2.22. The predicted molar refractivity (Wildman–Crippen MR) is 64.0 cm³/mol. The van der Waals surface area contributed by atoms with Crippen LogP contribution in [-0.2, 0) is 21.7 Å². The Morgan fingerprint density at radius 1 is 1.47 bits per heavy atom. The molecule has 0 spiro atoms. The second kappa shape index (κ2) is 5.79. The van der Waals surface area contributed by atoms with Crippen molar-refractivity contribution in [1.82, 2.24) is 0 Å². The molecule has 0 saturated carbocycles. The fourth-order valence-corrected chi connectivity index (χ4v) is 2.13. The normalized spacial score (nSPS) is 11.9. The van der Waals surface area contributed by atoms with E-state index in [1.54, 1.807) is 6.92 Å². The van der Waals surface area contributed by atoms with Gasteiger partial charge >= 0.3 is 16.5 Å². The molecule has 104 valence electrons. The van der Waals surface area contributed by atoms with Crippen molar-refractivity contribution < 1.29 is 27.8 Å². The van der Waals surface area contributed by atoms with E-state index in [2.05, 4.69) is 4.36 Å². The number of carboxylic acid groups (broad SMARTS) is 1. The molecule has 0 aromatic heterocycles. The molecular formula is C11H12FNO5S. The van der Waals surface area contributed by atoms with Crippen molar-refractivity contribution in [2.45, 2.75) is 26.3 Å². The third kappa shape index (κ3) is 3.50. The number of halogens is 1. The van der Waals surface area contributed by atoms with Gasteiger partial charge in [-0.05, 0) is 36.6 Å². The second-order valence-corrected chi connectivity index (χ2v) is 4.66. The fraction of sp³-hybridized carbons (Fsp3) is 0.364. The first-order chi connectivity index (χ1) is 8.73. The van der Waals surface area contributed by atoms with E-state index in [1.807, 2.05) is 0 Å². The molecule has 1 atom stereocenters. The van der Waals surface area contributed by atoms with Crippen LogP contribution < -0.4 is 0 Å². The summed E-state index contributed by atoms with van der Waals surface area (Å²) in [6.07, 6.45) is -0.266. The Hall–Kier alpha value is -1.96. The molecule has 0 saturated heterocycles. The van der Waals surface area contributed by atoms with Gasteiger partial charge in [0.05, 0.1) is 0 Å². The summed E-state index contributed by atoms with van der Waals surface area (Å²) in [5, 5.41) is 18.2. The van der Waals surface area contributed by atoms with Gasteiger partial charge in [0.25, 0.3) is 0 Å². The fourth-order valence-electron chi connectivity index (χ4n) is 1.76. The van der Waals surface area contributed by atoms with E-state index in [9.17, 15) is 22.7 Å². The molecule has 0 aliphatic carbocycles. The minimum atomic E-state index is -2.86. The van der Waals surface area contributed by atoms with Crippen molar-refractivity contribution in [2.24, 2.45) is 4.36 Å². The highest BCUT2D eigenvalue weighted by molar-refractivity contribution is 7.61. The summed E-state index contributed by atoms with van der Waals surface area (Å²) in [6, 6.07) is -0.357. The van der Waals surface area contributed by atoms with Gasteiger partial charge in [-0.1, -0.05) is 0 Å². The molecular weight excluding hydrogens is 277 g/mol. The Balaban J connectivity index is 3.28. The second-order valence-electron chi connectivity index (χ2n) is 4.01. The third-order valence-electron chi connectivity index (χ3n) is 2.73. The number of carboxylic acids is 1. The summed E-state index contributed by atoms with van der Waals surface area (Å²) in [4.78, 5) is 10.9. The summed E-state index contributed by atoms with van der Waals surface area (Å²) in [6.45, 7) is 2.94. The first-order valence-corrected chi connectivity index (χ1v) is 6.27. The van der Waals surface area contributed by atoms with Crippen molar-refractivity contribution >= 4 is 16.5 Å². The van der Waals surface area contributed by atoms with Crippen LogP contribution >= 0.6 is 0 Å². The largest absolute Gasteiger partial charge is 0.505 e. The number of aryl methyl sites for hydroxylation is 1. The van der Waals surface area contributed by atoms with Gasteiger partial charge < -0.3 is 10.2 Å². The molecule has 1 rings (SSSR count). The van der Waals surface area contributed by atoms with Gasteiger partial charge in [-0.25, -0.2) is 9.18 Å². The molecule has 0 fully saturated rings. The number of phenols is 1. The maximum absolute atomic E-state index is 13.5. The van der Waals surface area contributed by atoms with E-state index in [1.165, 1.54) is 6.92 Å². The average Bonchev–Trinajstić information content (AvgIpc) is 2.29. The minimum Gasteiger partial charge on any atom is -0.505 e. The summed E-state index contributed by atoms with van der Waals surface area (Å²) >= 11 is 0. The number of aromatic hydroxyl groups is 1. The molecule has 2 N–H and O–H groups in total. The average molecular weight is 289 g/mol. The Morgan fingerprint density at radius 2 is 2.05 bits per heavy atom. The Bertz CT molecular complexity index is 646. The smallest absolute Gasteiger partial charge is 0.330 e. The zero-order valence-electron chi connectivity index (χ0n) is 10.2. The Kier molecular flexibility index (Phi) is 4.60. The van der Waals surface area contributed by atoms with E-state index < -0.39 is 34.1 Å². The highest BCUT2D eigenvalue weighted by atomic mass is 32.2. The number of phenolic OH excluding ortho intramolecular Hbond substituents is 1. The highest BCUT2D eigenvalue weighted by Crippen LogP contribution is 2.27. The van der Waals surface area contributed by atoms with Gasteiger partial charge in [0.2, 0.25) is 0 Å². The number of benzene rings is 1. The molecule has 1 aromatic rings. The molecule has 19 heavy (non-hydrogen) atoms. The lowest BCUT2D eigenvalue weighted by molar-refractivity contribution is -0.138. The molecule has 0 heterocycles. The van der Waals surface area contributed by atoms with E-state index in [0.717, 1.165) is 6.07 Å². The lowest BCUT2D eigenvalue weighted by Gasteiger charge is -2.13. The van der Waals surface area contributed by atoms with Crippen molar-refractivity contribution in [3.63, 3.8) is 0 Å². The van der Waals surface area contributed by atoms with Crippen LogP contribution in [0.1, 0.15) is 16.7 Å². The van der Waals surface area contributed by atoms with Crippen LogP contribution in [0.15, 0.2) is 10.4 Å². The van der Waals surface area contributed by atoms with Gasteiger partial charge in [0.15, 0.2) is 17.6 Å². The maximum atomic E-state index is 13.5. The third-order valence-corrected chi connectivity index (χ3v) is 3.16. The van der Waals surface area contributed by atoms with Crippen LogP contribution in [0.3, 0.4) is 0 Å². The van der Waals surface area contributed by atoms with Crippen molar-refractivity contribution in [3.05, 3.63) is 28.6 Å². The van der Waals surface area contributed by atoms with Gasteiger partial charge in [0, 0.05) is 6.42 Å². The summed E-state index contributed by atoms with van der Waals surface area (Å²) in [5.41, 5.74) is 0.863. The van der Waals surface area contributed by atoms with E-state index in [0.29, 0.717) is 11.1 Å². The number of rotatable bonds is 4. The van der Waals surface area contributed by atoms with Gasteiger partial charge in [-0.3, -0.25) is 0 Å². The Labute approximate surface area is 110 Å². The van der Waals surface area contributed by atoms with Gasteiger partial charge in [-0.2, -0.15) is 12.8 Å². The monoisotopic (exact) mass is 289 g/mol. The number of hydrogen-bond donors (Lipinski definition) is 2. The molecule has 1 aromatic carbocycles. The zero-order chi connectivity index (χ0) is 14.7. The van der Waals surface area contributed by atoms with E-state index in [4.69, 9.17) is 5.11 Å². The molecule has 0 aliphatic heterocycles.